The molecule has 240 valence electrons. The van der Waals surface area contributed by atoms with Crippen LogP contribution in [0.3, 0.4) is 0 Å². The molecule has 4 aromatic heterocycles. The van der Waals surface area contributed by atoms with E-state index in [1.807, 2.05) is 72.2 Å². The molecule has 8 rings (SSSR count). The van der Waals surface area contributed by atoms with Crippen molar-refractivity contribution in [1.82, 2.24) is 9.97 Å². The van der Waals surface area contributed by atoms with E-state index < -0.39 is 7.12 Å². The molecule has 0 amide bonds. The molecule has 4 nitrogen and oxygen atoms in total. The molecule has 4 heterocycles. The molecule has 0 spiro atoms. The van der Waals surface area contributed by atoms with Crippen LogP contribution in [0.1, 0.15) is 14.9 Å². The fourth-order valence-electron chi connectivity index (χ4n) is 4.91. The molecule has 0 unspecified atom stereocenters. The van der Waals surface area contributed by atoms with Crippen LogP contribution in [0.4, 0.5) is 0 Å². The second kappa shape index (κ2) is 17.5. The van der Waals surface area contributed by atoms with Crippen molar-refractivity contribution < 1.29 is 10.0 Å². The molecular formula is C40H36BClN2O2S2. The third-order valence-electron chi connectivity index (χ3n) is 7.29. The number of rotatable bonds is 4. The number of pyridine rings is 2. The van der Waals surface area contributed by atoms with E-state index in [0.29, 0.717) is 10.6 Å². The van der Waals surface area contributed by atoms with Crippen LogP contribution in [0.15, 0.2) is 157 Å². The maximum Gasteiger partial charge on any atom is 0.488 e. The SMILES string of the molecule is C.C.Clc1nccc2sccc12.OB(O)c1ccc(-c2ccccc2)cc1.c1ccc(-c2ccc(-c3nccc4sccc34)cc2)cc1. The second-order valence-electron chi connectivity index (χ2n) is 10.2. The highest BCUT2D eigenvalue weighted by molar-refractivity contribution is 7.17. The van der Waals surface area contributed by atoms with Gasteiger partial charge in [-0.3, -0.25) is 4.98 Å². The van der Waals surface area contributed by atoms with Crippen LogP contribution in [0, 0.1) is 0 Å². The average Bonchev–Trinajstić information content (AvgIpc) is 3.81. The first-order valence-corrected chi connectivity index (χ1v) is 16.7. The maximum atomic E-state index is 8.94. The van der Waals surface area contributed by atoms with E-state index in [4.69, 9.17) is 21.6 Å². The van der Waals surface area contributed by atoms with Gasteiger partial charge in [-0.1, -0.05) is 136 Å². The van der Waals surface area contributed by atoms with Gasteiger partial charge in [0.1, 0.15) is 5.15 Å². The zero-order chi connectivity index (χ0) is 31.7. The molecule has 0 fully saturated rings. The smallest absolute Gasteiger partial charge is 0.423 e. The number of hydrogen-bond donors (Lipinski definition) is 2. The number of aromatic nitrogens is 2. The van der Waals surface area contributed by atoms with Crippen molar-refractivity contribution in [3.05, 3.63) is 162 Å². The van der Waals surface area contributed by atoms with Crippen LogP contribution < -0.4 is 5.46 Å². The van der Waals surface area contributed by atoms with E-state index in [-0.39, 0.29) is 14.9 Å². The minimum Gasteiger partial charge on any atom is -0.423 e. The van der Waals surface area contributed by atoms with Gasteiger partial charge in [-0.15, -0.1) is 22.7 Å². The number of benzene rings is 4. The van der Waals surface area contributed by atoms with E-state index in [2.05, 4.69) is 76.0 Å². The number of thiophene rings is 2. The largest absolute Gasteiger partial charge is 0.488 e. The lowest BCUT2D eigenvalue weighted by atomic mass is 9.80. The van der Waals surface area contributed by atoms with Crippen LogP contribution >= 0.6 is 34.3 Å². The summed E-state index contributed by atoms with van der Waals surface area (Å²) in [4.78, 5) is 8.51. The van der Waals surface area contributed by atoms with Gasteiger partial charge < -0.3 is 10.0 Å². The highest BCUT2D eigenvalue weighted by Gasteiger charge is 2.10. The molecule has 0 saturated carbocycles. The monoisotopic (exact) mass is 686 g/mol. The third-order valence-corrected chi connectivity index (χ3v) is 9.36. The molecule has 2 N–H and O–H groups in total. The summed E-state index contributed by atoms with van der Waals surface area (Å²) in [5.74, 6) is 0. The molecule has 4 aromatic carbocycles. The summed E-state index contributed by atoms with van der Waals surface area (Å²) in [6.45, 7) is 0. The second-order valence-corrected chi connectivity index (χ2v) is 12.5. The topological polar surface area (TPSA) is 66.2 Å². The predicted octanol–water partition coefficient (Wildman–Crippen LogP) is 10.9. The molecule has 0 atom stereocenters. The zero-order valence-electron chi connectivity index (χ0n) is 24.6. The summed E-state index contributed by atoms with van der Waals surface area (Å²) in [5.41, 5.74) is 7.40. The number of fused-ring (bicyclic) bond motifs is 2. The van der Waals surface area contributed by atoms with Crippen molar-refractivity contribution in [2.75, 3.05) is 0 Å². The van der Waals surface area contributed by atoms with Gasteiger partial charge >= 0.3 is 7.12 Å². The summed E-state index contributed by atoms with van der Waals surface area (Å²) in [6.07, 6.45) is 3.61. The van der Waals surface area contributed by atoms with Crippen molar-refractivity contribution in [2.24, 2.45) is 0 Å². The Morgan fingerprint density at radius 1 is 0.479 bits per heavy atom. The zero-order valence-corrected chi connectivity index (χ0v) is 27.0. The van der Waals surface area contributed by atoms with Gasteiger partial charge in [-0.05, 0) is 62.7 Å². The third kappa shape index (κ3) is 8.83. The molecule has 0 aliphatic heterocycles. The predicted molar refractivity (Wildman–Crippen MR) is 210 cm³/mol. The van der Waals surface area contributed by atoms with Gasteiger partial charge in [0.05, 0.1) is 5.69 Å². The Labute approximate surface area is 295 Å². The van der Waals surface area contributed by atoms with Gasteiger partial charge in [0, 0.05) is 38.1 Å². The van der Waals surface area contributed by atoms with Crippen molar-refractivity contribution in [3.8, 4) is 33.5 Å². The first-order chi connectivity index (χ1) is 22.6. The van der Waals surface area contributed by atoms with E-state index >= 15 is 0 Å². The molecule has 0 aliphatic rings. The van der Waals surface area contributed by atoms with Gasteiger partial charge in [0.2, 0.25) is 0 Å². The lowest BCUT2D eigenvalue weighted by Gasteiger charge is -2.05. The molecular weight excluding hydrogens is 651 g/mol. The summed E-state index contributed by atoms with van der Waals surface area (Å²) < 4.78 is 2.48. The van der Waals surface area contributed by atoms with Crippen LogP contribution in [0.2, 0.25) is 5.15 Å². The molecule has 0 saturated heterocycles. The minimum atomic E-state index is -1.39. The molecule has 0 bridgehead atoms. The number of nitrogens with zero attached hydrogens (tertiary/aromatic N) is 2. The number of hydrogen-bond acceptors (Lipinski definition) is 6. The first kappa shape index (κ1) is 36.2. The fourth-order valence-corrected chi connectivity index (χ4v) is 6.76. The average molecular weight is 687 g/mol. The molecule has 48 heavy (non-hydrogen) atoms. The lowest BCUT2D eigenvalue weighted by molar-refractivity contribution is 0.426. The van der Waals surface area contributed by atoms with Crippen LogP contribution in [-0.4, -0.2) is 27.1 Å². The summed E-state index contributed by atoms with van der Waals surface area (Å²) in [7, 11) is -1.39. The lowest BCUT2D eigenvalue weighted by Crippen LogP contribution is -2.29. The van der Waals surface area contributed by atoms with Crippen LogP contribution in [-0.2, 0) is 0 Å². The summed E-state index contributed by atoms with van der Waals surface area (Å²) in [6, 6.07) is 44.4. The van der Waals surface area contributed by atoms with E-state index in [9.17, 15) is 0 Å². The Kier molecular flexibility index (Phi) is 13.2. The quantitative estimate of drug-likeness (QED) is 0.143. The number of halogens is 1. The highest BCUT2D eigenvalue weighted by atomic mass is 35.5. The Hall–Kier alpha value is -4.63. The Bertz CT molecular complexity index is 2130. The van der Waals surface area contributed by atoms with E-state index in [0.717, 1.165) is 22.2 Å². The van der Waals surface area contributed by atoms with E-state index in [1.165, 1.54) is 31.5 Å². The normalized spacial score (nSPS) is 10.1. The van der Waals surface area contributed by atoms with Crippen molar-refractivity contribution in [3.63, 3.8) is 0 Å². The van der Waals surface area contributed by atoms with Gasteiger partial charge in [0.25, 0.3) is 0 Å². The van der Waals surface area contributed by atoms with Crippen molar-refractivity contribution in [2.45, 2.75) is 14.9 Å². The molecule has 8 aromatic rings. The summed E-state index contributed by atoms with van der Waals surface area (Å²) >= 11 is 9.23. The van der Waals surface area contributed by atoms with Crippen molar-refractivity contribution in [1.29, 1.82) is 0 Å². The Morgan fingerprint density at radius 3 is 1.44 bits per heavy atom. The van der Waals surface area contributed by atoms with Gasteiger partial charge in [-0.2, -0.15) is 0 Å². The van der Waals surface area contributed by atoms with Crippen LogP contribution in [0.25, 0.3) is 53.7 Å². The fraction of sp³-hybridized carbons (Fsp3) is 0.0500. The van der Waals surface area contributed by atoms with Crippen molar-refractivity contribution >= 4 is 67.0 Å². The highest BCUT2D eigenvalue weighted by Crippen LogP contribution is 2.31. The van der Waals surface area contributed by atoms with Gasteiger partial charge in [-0.25, -0.2) is 4.98 Å². The first-order valence-electron chi connectivity index (χ1n) is 14.5. The molecule has 0 radical (unpaired) electrons. The van der Waals surface area contributed by atoms with Gasteiger partial charge in [0.15, 0.2) is 0 Å². The minimum absolute atomic E-state index is 0. The summed E-state index contributed by atoms with van der Waals surface area (Å²) in [5, 5.41) is 24.9. The standard InChI is InChI=1S/C19H13NS.C12H11BO2.C7H4ClNS.2CH4/c1-2-4-14(5-3-1)15-6-8-16(9-7-15)19-17-11-13-21-18(17)10-12-20-19;14-13(15)12-8-6-11(7-9-12)10-4-2-1-3-5-10;8-7-5-2-4-10-6(5)1-3-9-7;;/h1-13H;1-9,14-15H;1-4H;2*1H4. The van der Waals surface area contributed by atoms with E-state index in [1.54, 1.807) is 41.0 Å². The maximum absolute atomic E-state index is 8.94. The Balaban J connectivity index is 0.000000170. The Morgan fingerprint density at radius 2 is 0.917 bits per heavy atom. The molecule has 8 heteroatoms. The molecule has 0 aliphatic carbocycles. The van der Waals surface area contributed by atoms with Crippen LogP contribution in [0.5, 0.6) is 0 Å².